The number of rotatable bonds is 2. The van der Waals surface area contributed by atoms with E-state index in [1.54, 1.807) is 6.26 Å². The summed E-state index contributed by atoms with van der Waals surface area (Å²) in [5.41, 5.74) is 0.208. The van der Waals surface area contributed by atoms with Gasteiger partial charge in [-0.1, -0.05) is 0 Å². The maximum Gasteiger partial charge on any atom is 0.144 e. The van der Waals surface area contributed by atoms with E-state index < -0.39 is 11.6 Å². The zero-order chi connectivity index (χ0) is 10.8. The van der Waals surface area contributed by atoms with Gasteiger partial charge >= 0.3 is 0 Å². The Kier molecular flexibility index (Phi) is 3.26. The Morgan fingerprint density at radius 1 is 1.40 bits per heavy atom. The monoisotopic (exact) mass is 229 g/mol. The Labute approximate surface area is 92.3 Å². The summed E-state index contributed by atoms with van der Waals surface area (Å²) in [6.45, 7) is 0.840. The molecule has 1 unspecified atom stereocenters. The van der Waals surface area contributed by atoms with Crippen LogP contribution < -0.4 is 5.32 Å². The summed E-state index contributed by atoms with van der Waals surface area (Å²) in [4.78, 5) is 0.514. The first-order chi connectivity index (χ1) is 7.24. The van der Waals surface area contributed by atoms with Crippen LogP contribution >= 0.6 is 11.8 Å². The van der Waals surface area contributed by atoms with E-state index in [4.69, 9.17) is 0 Å². The number of nitrogens with one attached hydrogen (secondary N) is 1. The first-order valence-electron chi connectivity index (χ1n) is 4.99. The van der Waals surface area contributed by atoms with Crippen molar-refractivity contribution in [3.05, 3.63) is 29.3 Å². The van der Waals surface area contributed by atoms with Crippen molar-refractivity contribution in [1.29, 1.82) is 0 Å². The predicted molar refractivity (Wildman–Crippen MR) is 58.1 cm³/mol. The third-order valence-electron chi connectivity index (χ3n) is 2.72. The van der Waals surface area contributed by atoms with Gasteiger partial charge < -0.3 is 5.32 Å². The summed E-state index contributed by atoms with van der Waals surface area (Å²) < 4.78 is 27.4. The quantitative estimate of drug-likeness (QED) is 0.782. The van der Waals surface area contributed by atoms with Gasteiger partial charge in [0.1, 0.15) is 11.6 Å². The number of hydrogen-bond donors (Lipinski definition) is 1. The van der Waals surface area contributed by atoms with Crippen LogP contribution in [0.5, 0.6) is 0 Å². The highest BCUT2D eigenvalue weighted by Crippen LogP contribution is 2.32. The SMILES string of the molecule is CSc1ccc(F)c(C2CCCN2)c1F. The first kappa shape index (κ1) is 10.9. The van der Waals surface area contributed by atoms with E-state index >= 15 is 0 Å². The van der Waals surface area contributed by atoms with Crippen LogP contribution in [0, 0.1) is 11.6 Å². The largest absolute Gasteiger partial charge is 0.310 e. The van der Waals surface area contributed by atoms with Crippen LogP contribution in [0.3, 0.4) is 0 Å². The molecule has 0 saturated carbocycles. The Morgan fingerprint density at radius 2 is 2.20 bits per heavy atom. The lowest BCUT2D eigenvalue weighted by molar-refractivity contribution is 0.495. The maximum atomic E-state index is 13.9. The van der Waals surface area contributed by atoms with Crippen molar-refractivity contribution >= 4 is 11.8 Å². The summed E-state index contributed by atoms with van der Waals surface area (Å²) in [6, 6.07) is 2.69. The van der Waals surface area contributed by atoms with Gasteiger partial charge in [0.15, 0.2) is 0 Å². The predicted octanol–water partition coefficient (Wildman–Crippen LogP) is 3.11. The number of benzene rings is 1. The van der Waals surface area contributed by atoms with Crippen molar-refractivity contribution < 1.29 is 8.78 Å². The Hall–Kier alpha value is -0.610. The minimum absolute atomic E-state index is 0.155. The molecule has 1 aromatic carbocycles. The van der Waals surface area contributed by atoms with E-state index in [0.717, 1.165) is 19.4 Å². The average molecular weight is 229 g/mol. The molecule has 1 fully saturated rings. The molecular weight excluding hydrogens is 216 g/mol. The molecule has 0 bridgehead atoms. The number of halogens is 2. The molecule has 1 aliphatic heterocycles. The van der Waals surface area contributed by atoms with Crippen LogP contribution in [0.2, 0.25) is 0 Å². The van der Waals surface area contributed by atoms with Gasteiger partial charge in [0.25, 0.3) is 0 Å². The van der Waals surface area contributed by atoms with Gasteiger partial charge in [0.05, 0.1) is 0 Å². The van der Waals surface area contributed by atoms with Crippen LogP contribution in [0.1, 0.15) is 24.4 Å². The van der Waals surface area contributed by atoms with Gasteiger partial charge in [-0.25, -0.2) is 8.78 Å². The van der Waals surface area contributed by atoms with Crippen LogP contribution in [0.4, 0.5) is 8.78 Å². The molecular formula is C11H13F2NS. The molecule has 2 rings (SSSR count). The van der Waals surface area contributed by atoms with E-state index in [9.17, 15) is 8.78 Å². The standard InChI is InChI=1S/C11H13F2NS/c1-15-9-5-4-7(12)10(11(9)13)8-3-2-6-14-8/h4-5,8,14H,2-3,6H2,1H3. The van der Waals surface area contributed by atoms with Gasteiger partial charge in [-0.3, -0.25) is 0 Å². The van der Waals surface area contributed by atoms with E-state index in [1.807, 2.05) is 0 Å². The first-order valence-corrected chi connectivity index (χ1v) is 6.21. The second kappa shape index (κ2) is 4.49. The molecule has 4 heteroatoms. The van der Waals surface area contributed by atoms with Crippen molar-refractivity contribution in [2.75, 3.05) is 12.8 Å². The number of hydrogen-bond acceptors (Lipinski definition) is 2. The fraction of sp³-hybridized carbons (Fsp3) is 0.455. The third kappa shape index (κ3) is 2.01. The fourth-order valence-corrected chi connectivity index (χ4v) is 2.45. The normalized spacial score (nSPS) is 20.9. The molecule has 0 aliphatic carbocycles. The van der Waals surface area contributed by atoms with Gasteiger partial charge in [0, 0.05) is 16.5 Å². The fourth-order valence-electron chi connectivity index (χ4n) is 1.96. The molecule has 1 saturated heterocycles. The van der Waals surface area contributed by atoms with E-state index in [1.165, 1.54) is 23.9 Å². The molecule has 0 amide bonds. The molecule has 15 heavy (non-hydrogen) atoms. The van der Waals surface area contributed by atoms with E-state index in [2.05, 4.69) is 5.32 Å². The molecule has 1 heterocycles. The Balaban J connectivity index is 2.43. The van der Waals surface area contributed by atoms with Crippen LogP contribution in [0.15, 0.2) is 17.0 Å². The molecule has 1 N–H and O–H groups in total. The van der Waals surface area contributed by atoms with Crippen molar-refractivity contribution in [1.82, 2.24) is 5.32 Å². The highest BCUT2D eigenvalue weighted by molar-refractivity contribution is 7.98. The number of thioether (sulfide) groups is 1. The third-order valence-corrected chi connectivity index (χ3v) is 3.47. The molecule has 1 atom stereocenters. The lowest BCUT2D eigenvalue weighted by Crippen LogP contribution is -2.16. The molecule has 1 nitrogen and oxygen atoms in total. The highest BCUT2D eigenvalue weighted by Gasteiger charge is 2.24. The van der Waals surface area contributed by atoms with Crippen molar-refractivity contribution in [2.24, 2.45) is 0 Å². The van der Waals surface area contributed by atoms with Crippen molar-refractivity contribution in [3.63, 3.8) is 0 Å². The smallest absolute Gasteiger partial charge is 0.144 e. The zero-order valence-electron chi connectivity index (χ0n) is 8.52. The summed E-state index contributed by atoms with van der Waals surface area (Å²) in [6.07, 6.45) is 3.58. The minimum Gasteiger partial charge on any atom is -0.310 e. The van der Waals surface area contributed by atoms with Gasteiger partial charge in [-0.2, -0.15) is 0 Å². The highest BCUT2D eigenvalue weighted by atomic mass is 32.2. The molecule has 0 radical (unpaired) electrons. The van der Waals surface area contributed by atoms with E-state index in [0.29, 0.717) is 4.90 Å². The molecule has 0 aromatic heterocycles. The lowest BCUT2D eigenvalue weighted by Gasteiger charge is -2.14. The lowest BCUT2D eigenvalue weighted by atomic mass is 10.0. The van der Waals surface area contributed by atoms with Crippen molar-refractivity contribution in [3.8, 4) is 0 Å². The topological polar surface area (TPSA) is 12.0 Å². The Morgan fingerprint density at radius 3 is 2.80 bits per heavy atom. The Bertz CT molecular complexity index is 362. The van der Waals surface area contributed by atoms with Crippen molar-refractivity contribution in [2.45, 2.75) is 23.8 Å². The molecule has 82 valence electrons. The molecule has 1 aliphatic rings. The van der Waals surface area contributed by atoms with Gasteiger partial charge in [0.2, 0.25) is 0 Å². The average Bonchev–Trinajstić information content (AvgIpc) is 2.71. The second-order valence-corrected chi connectivity index (χ2v) is 4.47. The summed E-state index contributed by atoms with van der Waals surface area (Å²) in [7, 11) is 0. The summed E-state index contributed by atoms with van der Waals surface area (Å²) >= 11 is 1.31. The summed E-state index contributed by atoms with van der Waals surface area (Å²) in [5, 5.41) is 3.12. The van der Waals surface area contributed by atoms with E-state index in [-0.39, 0.29) is 11.6 Å². The molecule has 0 spiro atoms. The van der Waals surface area contributed by atoms with Gasteiger partial charge in [-0.15, -0.1) is 11.8 Å². The zero-order valence-corrected chi connectivity index (χ0v) is 9.33. The minimum atomic E-state index is -0.440. The second-order valence-electron chi connectivity index (χ2n) is 3.63. The molecule has 1 aromatic rings. The van der Waals surface area contributed by atoms with Crippen LogP contribution in [-0.2, 0) is 0 Å². The van der Waals surface area contributed by atoms with Gasteiger partial charge in [-0.05, 0) is 37.8 Å². The summed E-state index contributed by atoms with van der Waals surface area (Å²) in [5.74, 6) is -0.841. The maximum absolute atomic E-state index is 13.9. The van der Waals surface area contributed by atoms with Crippen LogP contribution in [0.25, 0.3) is 0 Å². The van der Waals surface area contributed by atoms with Crippen LogP contribution in [-0.4, -0.2) is 12.8 Å².